The molecule has 0 radical (unpaired) electrons. The molecule has 1 amide bonds. The van der Waals surface area contributed by atoms with Gasteiger partial charge in [0.15, 0.2) is 5.92 Å². The number of amides is 1. The number of nitriles is 1. The Kier molecular flexibility index (Phi) is 2.49. The number of likely N-dealkylation sites (N-methyl/N-ethyl adjacent to an activating group) is 1. The van der Waals surface area contributed by atoms with Crippen molar-refractivity contribution in [3.05, 3.63) is 24.2 Å². The van der Waals surface area contributed by atoms with Crippen LogP contribution in [0.15, 0.2) is 22.8 Å². The van der Waals surface area contributed by atoms with Crippen molar-refractivity contribution in [1.82, 2.24) is 5.32 Å². The van der Waals surface area contributed by atoms with E-state index in [-0.39, 0.29) is 5.91 Å². The molecule has 1 aromatic rings. The second kappa shape index (κ2) is 3.58. The Bertz CT molecular complexity index is 297. The minimum Gasteiger partial charge on any atom is -0.467 e. The van der Waals surface area contributed by atoms with Crippen molar-refractivity contribution in [2.24, 2.45) is 0 Å². The Morgan fingerprint density at radius 1 is 1.83 bits per heavy atom. The van der Waals surface area contributed by atoms with Crippen LogP contribution in [0.25, 0.3) is 0 Å². The highest BCUT2D eigenvalue weighted by molar-refractivity contribution is 5.85. The molecule has 0 saturated heterocycles. The Labute approximate surface area is 69.8 Å². The first-order chi connectivity index (χ1) is 5.79. The van der Waals surface area contributed by atoms with E-state index in [1.54, 1.807) is 12.1 Å². The molecule has 1 N–H and O–H groups in total. The average Bonchev–Trinajstić information content (AvgIpc) is 2.58. The minimum atomic E-state index is -0.843. The number of hydrogen-bond donors (Lipinski definition) is 1. The van der Waals surface area contributed by atoms with E-state index in [0.717, 1.165) is 0 Å². The lowest BCUT2D eigenvalue weighted by atomic mass is 10.1. The highest BCUT2D eigenvalue weighted by Gasteiger charge is 2.20. The van der Waals surface area contributed by atoms with Crippen molar-refractivity contribution in [1.29, 1.82) is 5.26 Å². The van der Waals surface area contributed by atoms with Gasteiger partial charge in [-0.3, -0.25) is 4.79 Å². The van der Waals surface area contributed by atoms with Gasteiger partial charge in [-0.15, -0.1) is 0 Å². The van der Waals surface area contributed by atoms with E-state index in [1.807, 2.05) is 6.07 Å². The predicted molar refractivity (Wildman–Crippen MR) is 41.1 cm³/mol. The summed E-state index contributed by atoms with van der Waals surface area (Å²) in [7, 11) is 1.48. The lowest BCUT2D eigenvalue weighted by molar-refractivity contribution is -0.121. The van der Waals surface area contributed by atoms with Crippen molar-refractivity contribution in [3.8, 4) is 6.07 Å². The Hall–Kier alpha value is -1.76. The van der Waals surface area contributed by atoms with Crippen LogP contribution < -0.4 is 5.32 Å². The topological polar surface area (TPSA) is 66.0 Å². The first kappa shape index (κ1) is 8.34. The summed E-state index contributed by atoms with van der Waals surface area (Å²) < 4.78 is 4.93. The summed E-state index contributed by atoms with van der Waals surface area (Å²) in [6.45, 7) is 0. The molecule has 0 aliphatic rings. The van der Waals surface area contributed by atoms with Gasteiger partial charge in [-0.2, -0.15) is 5.26 Å². The molecule has 4 heteroatoms. The summed E-state index contributed by atoms with van der Waals surface area (Å²) in [5, 5.41) is 11.0. The van der Waals surface area contributed by atoms with Crippen molar-refractivity contribution >= 4 is 5.91 Å². The molecule has 1 atom stereocenters. The van der Waals surface area contributed by atoms with Crippen LogP contribution in [-0.4, -0.2) is 13.0 Å². The van der Waals surface area contributed by atoms with E-state index in [2.05, 4.69) is 5.32 Å². The highest BCUT2D eigenvalue weighted by Crippen LogP contribution is 2.14. The highest BCUT2D eigenvalue weighted by atomic mass is 16.3. The van der Waals surface area contributed by atoms with Crippen LogP contribution in [0.5, 0.6) is 0 Å². The molecule has 0 aliphatic heterocycles. The number of furan rings is 1. The normalized spacial score (nSPS) is 11.7. The first-order valence-electron chi connectivity index (χ1n) is 3.44. The summed E-state index contributed by atoms with van der Waals surface area (Å²) in [6.07, 6.45) is 1.43. The smallest absolute Gasteiger partial charge is 0.244 e. The summed E-state index contributed by atoms with van der Waals surface area (Å²) in [6, 6.07) is 5.09. The lowest BCUT2D eigenvalue weighted by Crippen LogP contribution is -2.24. The fourth-order valence-electron chi connectivity index (χ4n) is 0.851. The molecule has 0 aromatic carbocycles. The van der Waals surface area contributed by atoms with Crippen LogP contribution in [0.1, 0.15) is 11.7 Å². The molecule has 12 heavy (non-hydrogen) atoms. The third kappa shape index (κ3) is 1.45. The fourth-order valence-corrected chi connectivity index (χ4v) is 0.851. The second-order valence-electron chi connectivity index (χ2n) is 2.19. The third-order valence-electron chi connectivity index (χ3n) is 1.47. The number of rotatable bonds is 2. The van der Waals surface area contributed by atoms with Crippen LogP contribution in [-0.2, 0) is 4.79 Å². The molecule has 62 valence electrons. The van der Waals surface area contributed by atoms with Crippen LogP contribution in [0.2, 0.25) is 0 Å². The molecule has 0 bridgehead atoms. The zero-order valence-corrected chi connectivity index (χ0v) is 6.57. The average molecular weight is 164 g/mol. The fraction of sp³-hybridized carbons (Fsp3) is 0.250. The minimum absolute atomic E-state index is 0.354. The third-order valence-corrected chi connectivity index (χ3v) is 1.47. The molecule has 4 nitrogen and oxygen atoms in total. The van der Waals surface area contributed by atoms with E-state index in [0.29, 0.717) is 5.76 Å². The van der Waals surface area contributed by atoms with Gasteiger partial charge in [0.25, 0.3) is 0 Å². The van der Waals surface area contributed by atoms with E-state index >= 15 is 0 Å². The Balaban J connectivity index is 2.86. The zero-order chi connectivity index (χ0) is 8.97. The molecule has 1 aromatic heterocycles. The summed E-state index contributed by atoms with van der Waals surface area (Å²) in [5.74, 6) is -0.825. The summed E-state index contributed by atoms with van der Waals surface area (Å²) >= 11 is 0. The maximum Gasteiger partial charge on any atom is 0.244 e. The standard InChI is InChI=1S/C8H8N2O2/c1-10-8(11)6(5-9)7-3-2-4-12-7/h2-4,6H,1H3,(H,10,11)/t6-/m1/s1. The molecule has 1 rings (SSSR count). The van der Waals surface area contributed by atoms with Crippen molar-refractivity contribution in [2.75, 3.05) is 7.05 Å². The van der Waals surface area contributed by atoms with Crippen LogP contribution in [0.3, 0.4) is 0 Å². The molecule has 1 heterocycles. The molecule has 0 aliphatic carbocycles. The van der Waals surface area contributed by atoms with Crippen molar-refractivity contribution in [3.63, 3.8) is 0 Å². The summed E-state index contributed by atoms with van der Waals surface area (Å²) in [4.78, 5) is 11.0. The van der Waals surface area contributed by atoms with Gasteiger partial charge in [0.2, 0.25) is 5.91 Å². The van der Waals surface area contributed by atoms with Gasteiger partial charge in [-0.25, -0.2) is 0 Å². The van der Waals surface area contributed by atoms with E-state index in [9.17, 15) is 4.79 Å². The van der Waals surface area contributed by atoms with Crippen molar-refractivity contribution < 1.29 is 9.21 Å². The molecular formula is C8H8N2O2. The number of nitrogens with zero attached hydrogens (tertiary/aromatic N) is 1. The van der Waals surface area contributed by atoms with E-state index in [4.69, 9.17) is 9.68 Å². The maximum atomic E-state index is 11.0. The monoisotopic (exact) mass is 164 g/mol. The largest absolute Gasteiger partial charge is 0.467 e. The predicted octanol–water partition coefficient (Wildman–Crippen LogP) is 0.633. The maximum absolute atomic E-state index is 11.0. The molecular weight excluding hydrogens is 156 g/mol. The molecule has 0 unspecified atom stereocenters. The van der Waals surface area contributed by atoms with Crippen LogP contribution in [0.4, 0.5) is 0 Å². The second-order valence-corrected chi connectivity index (χ2v) is 2.19. The van der Waals surface area contributed by atoms with Gasteiger partial charge in [-0.05, 0) is 12.1 Å². The number of nitrogens with one attached hydrogen (secondary N) is 1. The van der Waals surface area contributed by atoms with E-state index < -0.39 is 5.92 Å². The van der Waals surface area contributed by atoms with Gasteiger partial charge >= 0.3 is 0 Å². The number of hydrogen-bond acceptors (Lipinski definition) is 3. The molecule has 0 fully saturated rings. The zero-order valence-electron chi connectivity index (χ0n) is 6.57. The van der Waals surface area contributed by atoms with Gasteiger partial charge < -0.3 is 9.73 Å². The number of carbonyl (C=O) groups is 1. The lowest BCUT2D eigenvalue weighted by Gasteiger charge is -2.02. The summed E-state index contributed by atoms with van der Waals surface area (Å²) in [5.41, 5.74) is 0. The van der Waals surface area contributed by atoms with Gasteiger partial charge in [0, 0.05) is 7.05 Å². The quantitative estimate of drug-likeness (QED) is 0.697. The van der Waals surface area contributed by atoms with E-state index in [1.165, 1.54) is 13.3 Å². The first-order valence-corrected chi connectivity index (χ1v) is 3.44. The van der Waals surface area contributed by atoms with Gasteiger partial charge in [0.05, 0.1) is 12.3 Å². The number of carbonyl (C=O) groups excluding carboxylic acids is 1. The molecule has 0 saturated carbocycles. The molecule has 0 spiro atoms. The Morgan fingerprint density at radius 2 is 2.58 bits per heavy atom. The van der Waals surface area contributed by atoms with Crippen LogP contribution >= 0.6 is 0 Å². The van der Waals surface area contributed by atoms with Crippen LogP contribution in [0, 0.1) is 11.3 Å². The SMILES string of the molecule is CNC(=O)[C@H](C#N)c1ccco1. The van der Waals surface area contributed by atoms with Crippen molar-refractivity contribution in [2.45, 2.75) is 5.92 Å². The van der Waals surface area contributed by atoms with Gasteiger partial charge in [-0.1, -0.05) is 0 Å². The van der Waals surface area contributed by atoms with Gasteiger partial charge in [0.1, 0.15) is 5.76 Å². The Morgan fingerprint density at radius 3 is 3.00 bits per heavy atom.